The van der Waals surface area contributed by atoms with Gasteiger partial charge in [-0.2, -0.15) is 4.98 Å². The molecule has 1 amide bonds. The van der Waals surface area contributed by atoms with Crippen LogP contribution in [0.4, 0.5) is 0 Å². The van der Waals surface area contributed by atoms with Gasteiger partial charge in [-0.05, 0) is 13.1 Å². The van der Waals surface area contributed by atoms with E-state index < -0.39 is 0 Å². The van der Waals surface area contributed by atoms with Crippen molar-refractivity contribution in [3.05, 3.63) is 29.4 Å². The zero-order valence-corrected chi connectivity index (χ0v) is 13.7. The van der Waals surface area contributed by atoms with Gasteiger partial charge in [-0.15, -0.1) is 0 Å². The number of halogens is 1. The summed E-state index contributed by atoms with van der Waals surface area (Å²) in [7, 11) is 2.03. The molecule has 8 nitrogen and oxygen atoms in total. The van der Waals surface area contributed by atoms with Crippen molar-refractivity contribution < 1.29 is 9.32 Å². The van der Waals surface area contributed by atoms with E-state index in [-0.39, 0.29) is 17.6 Å². The molecule has 0 atom stereocenters. The average molecular weight is 347 g/mol. The van der Waals surface area contributed by atoms with E-state index in [1.54, 1.807) is 17.3 Å². The third-order valence-corrected chi connectivity index (χ3v) is 4.57. The largest absolute Gasteiger partial charge is 0.346 e. The summed E-state index contributed by atoms with van der Waals surface area (Å²) in [6.45, 7) is 2.94. The Morgan fingerprint density at radius 1 is 1.33 bits per heavy atom. The van der Waals surface area contributed by atoms with Gasteiger partial charge < -0.3 is 19.3 Å². The van der Waals surface area contributed by atoms with E-state index in [1.807, 2.05) is 13.1 Å². The van der Waals surface area contributed by atoms with Crippen molar-refractivity contribution >= 4 is 28.5 Å². The zero-order chi connectivity index (χ0) is 16.7. The lowest BCUT2D eigenvalue weighted by atomic mass is 10.2. The molecule has 1 aliphatic heterocycles. The van der Waals surface area contributed by atoms with Crippen LogP contribution in [-0.2, 0) is 0 Å². The lowest BCUT2D eigenvalue weighted by Gasteiger charge is -2.31. The Morgan fingerprint density at radius 3 is 2.92 bits per heavy atom. The molecule has 4 rings (SSSR count). The summed E-state index contributed by atoms with van der Waals surface area (Å²) >= 11 is 6.39. The Hall–Kier alpha value is -2.45. The number of nitrogens with one attached hydrogen (secondary N) is 1. The van der Waals surface area contributed by atoms with Crippen LogP contribution in [-0.4, -0.2) is 69.0 Å². The minimum atomic E-state index is -0.256. The highest BCUT2D eigenvalue weighted by atomic mass is 35.5. The van der Waals surface area contributed by atoms with E-state index in [2.05, 4.69) is 25.0 Å². The van der Waals surface area contributed by atoms with Crippen LogP contribution in [0.2, 0.25) is 5.02 Å². The number of amides is 1. The van der Waals surface area contributed by atoms with Crippen LogP contribution in [0.1, 0.15) is 10.7 Å². The van der Waals surface area contributed by atoms with Gasteiger partial charge in [0.15, 0.2) is 0 Å². The molecule has 0 saturated carbocycles. The molecule has 3 aromatic rings. The van der Waals surface area contributed by atoms with Gasteiger partial charge in [0.25, 0.3) is 0 Å². The summed E-state index contributed by atoms with van der Waals surface area (Å²) < 4.78 is 5.15. The Kier molecular flexibility index (Phi) is 3.70. The van der Waals surface area contributed by atoms with Crippen LogP contribution < -0.4 is 0 Å². The first-order chi connectivity index (χ1) is 11.6. The molecule has 3 aromatic heterocycles. The van der Waals surface area contributed by atoms with Gasteiger partial charge in [-0.3, -0.25) is 4.79 Å². The minimum absolute atomic E-state index is 0.0280. The predicted octanol–water partition coefficient (Wildman–Crippen LogP) is 1.65. The topological polar surface area (TPSA) is 91.2 Å². The van der Waals surface area contributed by atoms with Gasteiger partial charge in [0.1, 0.15) is 5.65 Å². The van der Waals surface area contributed by atoms with Gasteiger partial charge in [-0.1, -0.05) is 16.8 Å². The first kappa shape index (κ1) is 15.1. The number of H-pyrrole nitrogens is 1. The van der Waals surface area contributed by atoms with E-state index in [0.717, 1.165) is 18.5 Å². The van der Waals surface area contributed by atoms with Crippen molar-refractivity contribution in [2.75, 3.05) is 33.2 Å². The molecule has 0 bridgehead atoms. The molecule has 0 aliphatic carbocycles. The van der Waals surface area contributed by atoms with Crippen molar-refractivity contribution in [3.8, 4) is 11.4 Å². The van der Waals surface area contributed by atoms with E-state index in [0.29, 0.717) is 29.3 Å². The summed E-state index contributed by atoms with van der Waals surface area (Å²) in [5.41, 5.74) is 1.21. The molecule has 124 valence electrons. The maximum absolute atomic E-state index is 12.5. The van der Waals surface area contributed by atoms with E-state index in [1.165, 1.54) is 0 Å². The number of aromatic amines is 1. The van der Waals surface area contributed by atoms with Crippen LogP contribution in [0, 0.1) is 0 Å². The first-order valence-corrected chi connectivity index (χ1v) is 7.95. The number of nitrogens with zero attached hydrogens (tertiary/aromatic N) is 5. The molecule has 4 heterocycles. The summed E-state index contributed by atoms with van der Waals surface area (Å²) in [5.74, 6) is -0.0264. The maximum atomic E-state index is 12.5. The number of hydrogen-bond acceptors (Lipinski definition) is 6. The van der Waals surface area contributed by atoms with E-state index >= 15 is 0 Å². The number of likely N-dealkylation sites (N-methyl/N-ethyl adjacent to an activating group) is 1. The third kappa shape index (κ3) is 2.53. The second-order valence-electron chi connectivity index (χ2n) is 5.74. The molecule has 0 radical (unpaired) electrons. The third-order valence-electron chi connectivity index (χ3n) is 4.16. The lowest BCUT2D eigenvalue weighted by Crippen LogP contribution is -2.47. The number of carbonyl (C=O) groups excluding carboxylic acids is 1. The number of rotatable bonds is 2. The van der Waals surface area contributed by atoms with Crippen molar-refractivity contribution in [3.63, 3.8) is 0 Å². The number of carbonyl (C=O) groups is 1. The number of fused-ring (bicyclic) bond motifs is 1. The molecule has 9 heteroatoms. The second kappa shape index (κ2) is 5.88. The highest BCUT2D eigenvalue weighted by molar-refractivity contribution is 6.37. The molecule has 1 saturated heterocycles. The van der Waals surface area contributed by atoms with Crippen molar-refractivity contribution in [2.24, 2.45) is 0 Å². The van der Waals surface area contributed by atoms with Crippen molar-refractivity contribution in [2.45, 2.75) is 0 Å². The van der Waals surface area contributed by atoms with Crippen LogP contribution in [0.15, 0.2) is 23.0 Å². The van der Waals surface area contributed by atoms with Crippen LogP contribution in [0.3, 0.4) is 0 Å². The van der Waals surface area contributed by atoms with Crippen molar-refractivity contribution in [1.29, 1.82) is 0 Å². The Labute approximate surface area is 142 Å². The summed E-state index contributed by atoms with van der Waals surface area (Å²) in [6.07, 6.45) is 3.32. The molecule has 1 aliphatic rings. The monoisotopic (exact) mass is 346 g/mol. The molecule has 24 heavy (non-hydrogen) atoms. The molecule has 1 fully saturated rings. The summed E-state index contributed by atoms with van der Waals surface area (Å²) in [5, 5.41) is 5.13. The molecule has 0 aromatic carbocycles. The predicted molar refractivity (Wildman–Crippen MR) is 87.8 cm³/mol. The normalized spacial score (nSPS) is 16.0. The average Bonchev–Trinajstić information content (AvgIpc) is 3.25. The summed E-state index contributed by atoms with van der Waals surface area (Å²) in [4.78, 5) is 27.8. The Balaban J connectivity index is 1.62. The molecule has 0 spiro atoms. The van der Waals surface area contributed by atoms with Gasteiger partial charge in [0.2, 0.25) is 5.82 Å². The molecular weight excluding hydrogens is 332 g/mol. The number of pyridine rings is 1. The van der Waals surface area contributed by atoms with E-state index in [4.69, 9.17) is 16.1 Å². The van der Waals surface area contributed by atoms with Gasteiger partial charge in [0, 0.05) is 44.0 Å². The number of piperazine rings is 1. The van der Waals surface area contributed by atoms with Crippen LogP contribution in [0.25, 0.3) is 22.4 Å². The standard InChI is InChI=1S/C15H15ClN6O2/c1-21-4-6-22(7-5-21)15(23)14-19-13(20-24-14)10-8-18-12-9(11(10)16)2-3-17-12/h2-3,8H,4-7H2,1H3,(H,17,18). The zero-order valence-electron chi connectivity index (χ0n) is 13.0. The molecule has 0 unspecified atom stereocenters. The minimum Gasteiger partial charge on any atom is -0.346 e. The smallest absolute Gasteiger partial charge is 0.316 e. The van der Waals surface area contributed by atoms with Gasteiger partial charge in [-0.25, -0.2) is 4.98 Å². The maximum Gasteiger partial charge on any atom is 0.316 e. The van der Waals surface area contributed by atoms with Crippen molar-refractivity contribution in [1.82, 2.24) is 29.9 Å². The fourth-order valence-corrected chi connectivity index (χ4v) is 2.98. The van der Waals surface area contributed by atoms with Gasteiger partial charge >= 0.3 is 11.8 Å². The fraction of sp³-hybridized carbons (Fsp3) is 0.333. The Bertz CT molecular complexity index is 896. The highest BCUT2D eigenvalue weighted by Gasteiger charge is 2.26. The van der Waals surface area contributed by atoms with Gasteiger partial charge in [0.05, 0.1) is 10.6 Å². The van der Waals surface area contributed by atoms with Crippen LogP contribution in [0.5, 0.6) is 0 Å². The first-order valence-electron chi connectivity index (χ1n) is 7.57. The molecular formula is C15H15ClN6O2. The number of aromatic nitrogens is 4. The highest BCUT2D eigenvalue weighted by Crippen LogP contribution is 2.31. The molecule has 1 N–H and O–H groups in total. The second-order valence-corrected chi connectivity index (χ2v) is 6.12. The van der Waals surface area contributed by atoms with E-state index in [9.17, 15) is 4.79 Å². The fourth-order valence-electron chi connectivity index (χ4n) is 2.70. The van der Waals surface area contributed by atoms with Crippen LogP contribution >= 0.6 is 11.6 Å². The summed E-state index contributed by atoms with van der Waals surface area (Å²) in [6, 6.07) is 1.82. The quantitative estimate of drug-likeness (QED) is 0.758. The Morgan fingerprint density at radius 2 is 2.12 bits per heavy atom. The number of hydrogen-bond donors (Lipinski definition) is 1. The SMILES string of the molecule is CN1CCN(C(=O)c2nc(-c3cnc4[nH]ccc4c3Cl)no2)CC1. The lowest BCUT2D eigenvalue weighted by molar-refractivity contribution is 0.0615.